The summed E-state index contributed by atoms with van der Waals surface area (Å²) in [7, 11) is 0. The summed E-state index contributed by atoms with van der Waals surface area (Å²) in [6, 6.07) is 7.46. The number of carboxylic acids is 1. The Hall–Kier alpha value is -2.90. The van der Waals surface area contributed by atoms with Gasteiger partial charge in [0.2, 0.25) is 5.43 Å². The highest BCUT2D eigenvalue weighted by Crippen LogP contribution is 2.32. The summed E-state index contributed by atoms with van der Waals surface area (Å²) in [6.07, 6.45) is 1.39. The van der Waals surface area contributed by atoms with Crippen molar-refractivity contribution in [3.8, 4) is 5.75 Å². The second kappa shape index (κ2) is 9.71. The fourth-order valence-electron chi connectivity index (χ4n) is 3.82. The van der Waals surface area contributed by atoms with Gasteiger partial charge in [0, 0.05) is 12.6 Å². The number of halogens is 2. The summed E-state index contributed by atoms with van der Waals surface area (Å²) in [5.74, 6) is -1.61. The Balaban J connectivity index is 2.35. The van der Waals surface area contributed by atoms with E-state index in [0.29, 0.717) is 29.0 Å². The predicted octanol–water partition coefficient (Wildman–Crippen LogP) is 4.67. The standard InChI is InChI=1S/C24H25ClFNO5/c1-4-32-20-10-14(8-15-6-5-7-18(25)21(15)26)9-16-22(20)27(19(12-28)13(2)3)11-17(23(16)29)24(30)31/h5-7,9-11,13,19,28H,4,8,12H2,1-3H3,(H,30,31). The van der Waals surface area contributed by atoms with Crippen LogP contribution in [0.25, 0.3) is 10.9 Å². The number of pyridine rings is 1. The molecule has 0 bridgehead atoms. The van der Waals surface area contributed by atoms with Gasteiger partial charge in [-0.3, -0.25) is 4.79 Å². The van der Waals surface area contributed by atoms with E-state index in [4.69, 9.17) is 16.3 Å². The largest absolute Gasteiger partial charge is 0.492 e. The van der Waals surface area contributed by atoms with Gasteiger partial charge in [0.1, 0.15) is 17.1 Å². The fraction of sp³-hybridized carbons (Fsp3) is 0.333. The molecule has 0 spiro atoms. The first-order valence-electron chi connectivity index (χ1n) is 10.3. The minimum atomic E-state index is -1.37. The SMILES string of the molecule is CCOc1cc(Cc2cccc(Cl)c2F)cc2c(=O)c(C(=O)O)cn(C(CO)C(C)C)c12. The van der Waals surface area contributed by atoms with Gasteiger partial charge in [-0.1, -0.05) is 37.6 Å². The van der Waals surface area contributed by atoms with Crippen LogP contribution >= 0.6 is 11.6 Å². The van der Waals surface area contributed by atoms with Gasteiger partial charge >= 0.3 is 5.97 Å². The molecule has 32 heavy (non-hydrogen) atoms. The van der Waals surface area contributed by atoms with Crippen LogP contribution in [0, 0.1) is 11.7 Å². The van der Waals surface area contributed by atoms with Crippen LogP contribution in [0.5, 0.6) is 5.75 Å². The van der Waals surface area contributed by atoms with E-state index in [1.54, 1.807) is 35.8 Å². The quantitative estimate of drug-likeness (QED) is 0.509. The molecule has 2 aromatic carbocycles. The highest BCUT2D eigenvalue weighted by molar-refractivity contribution is 6.30. The van der Waals surface area contributed by atoms with Gasteiger partial charge < -0.3 is 19.5 Å². The molecule has 2 N–H and O–H groups in total. The number of aliphatic hydroxyl groups is 1. The molecule has 0 aliphatic heterocycles. The Morgan fingerprint density at radius 1 is 1.28 bits per heavy atom. The first-order chi connectivity index (χ1) is 15.2. The third-order valence-electron chi connectivity index (χ3n) is 5.42. The zero-order chi connectivity index (χ0) is 23.6. The van der Waals surface area contributed by atoms with Gasteiger partial charge in [-0.15, -0.1) is 0 Å². The summed E-state index contributed by atoms with van der Waals surface area (Å²) in [4.78, 5) is 24.9. The molecule has 3 aromatic rings. The van der Waals surface area contributed by atoms with Crippen LogP contribution < -0.4 is 10.2 Å². The molecular weight excluding hydrogens is 437 g/mol. The molecule has 0 saturated heterocycles. The van der Waals surface area contributed by atoms with Crippen molar-refractivity contribution < 1.29 is 24.1 Å². The molecule has 0 aliphatic rings. The van der Waals surface area contributed by atoms with Gasteiger partial charge in [0.05, 0.1) is 35.2 Å². The summed E-state index contributed by atoms with van der Waals surface area (Å²) >= 11 is 5.90. The lowest BCUT2D eigenvalue weighted by atomic mass is 9.98. The van der Waals surface area contributed by atoms with Gasteiger partial charge in [-0.25, -0.2) is 9.18 Å². The van der Waals surface area contributed by atoms with Crippen LogP contribution in [0.4, 0.5) is 4.39 Å². The lowest BCUT2D eigenvalue weighted by molar-refractivity contribution is 0.0694. The summed E-state index contributed by atoms with van der Waals surface area (Å²) in [6.45, 7) is 5.61. The Kier molecular flexibility index (Phi) is 7.21. The van der Waals surface area contributed by atoms with E-state index < -0.39 is 28.8 Å². The maximum absolute atomic E-state index is 14.5. The first kappa shape index (κ1) is 23.8. The molecular formula is C24H25ClFNO5. The lowest BCUT2D eigenvalue weighted by Crippen LogP contribution is -2.26. The zero-order valence-electron chi connectivity index (χ0n) is 18.1. The van der Waals surface area contributed by atoms with Crippen LogP contribution in [0.1, 0.15) is 48.3 Å². The number of aliphatic hydroxyl groups excluding tert-OH is 1. The summed E-state index contributed by atoms with van der Waals surface area (Å²) < 4.78 is 21.9. The molecule has 3 rings (SSSR count). The first-order valence-corrected chi connectivity index (χ1v) is 10.7. The molecule has 8 heteroatoms. The molecule has 1 unspecified atom stereocenters. The second-order valence-corrected chi connectivity index (χ2v) is 8.30. The van der Waals surface area contributed by atoms with Crippen LogP contribution in [0.15, 0.2) is 41.3 Å². The normalized spacial score (nSPS) is 12.3. The van der Waals surface area contributed by atoms with Crippen LogP contribution in [-0.2, 0) is 6.42 Å². The average Bonchev–Trinajstić information content (AvgIpc) is 2.73. The van der Waals surface area contributed by atoms with Crippen molar-refractivity contribution in [2.45, 2.75) is 33.2 Å². The number of benzene rings is 2. The fourth-order valence-corrected chi connectivity index (χ4v) is 4.01. The van der Waals surface area contributed by atoms with E-state index in [0.717, 1.165) is 0 Å². The number of hydrogen-bond donors (Lipinski definition) is 2. The van der Waals surface area contributed by atoms with E-state index in [1.165, 1.54) is 12.3 Å². The van der Waals surface area contributed by atoms with Crippen molar-refractivity contribution in [2.75, 3.05) is 13.2 Å². The third-order valence-corrected chi connectivity index (χ3v) is 5.71. The van der Waals surface area contributed by atoms with Crippen molar-refractivity contribution in [2.24, 2.45) is 5.92 Å². The Morgan fingerprint density at radius 3 is 2.59 bits per heavy atom. The molecule has 0 aliphatic carbocycles. The number of fused-ring (bicyclic) bond motifs is 1. The minimum absolute atomic E-state index is 0.00781. The molecule has 170 valence electrons. The molecule has 1 atom stereocenters. The Bertz CT molecular complexity index is 1220. The molecule has 1 heterocycles. The molecule has 0 saturated carbocycles. The Morgan fingerprint density at radius 2 is 2.00 bits per heavy atom. The van der Waals surface area contributed by atoms with Crippen LogP contribution in [0.3, 0.4) is 0 Å². The minimum Gasteiger partial charge on any atom is -0.492 e. The van der Waals surface area contributed by atoms with Crippen molar-refractivity contribution in [3.05, 3.63) is 74.3 Å². The number of rotatable bonds is 8. The molecule has 0 amide bonds. The topological polar surface area (TPSA) is 88.8 Å². The van der Waals surface area contributed by atoms with Crippen molar-refractivity contribution >= 4 is 28.5 Å². The Labute approximate surface area is 189 Å². The number of nitrogens with zero attached hydrogens (tertiary/aromatic N) is 1. The molecule has 6 nitrogen and oxygen atoms in total. The molecule has 0 fully saturated rings. The van der Waals surface area contributed by atoms with E-state index in [1.807, 2.05) is 13.8 Å². The van der Waals surface area contributed by atoms with Gasteiger partial charge in [-0.05, 0) is 42.2 Å². The summed E-state index contributed by atoms with van der Waals surface area (Å²) in [5, 5.41) is 19.7. The van der Waals surface area contributed by atoms with Crippen molar-refractivity contribution in [1.29, 1.82) is 0 Å². The highest BCUT2D eigenvalue weighted by atomic mass is 35.5. The number of aromatic carboxylic acids is 1. The molecule has 1 aromatic heterocycles. The number of carbonyl (C=O) groups is 1. The predicted molar refractivity (Wildman–Crippen MR) is 122 cm³/mol. The number of hydrogen-bond acceptors (Lipinski definition) is 4. The maximum atomic E-state index is 14.5. The highest BCUT2D eigenvalue weighted by Gasteiger charge is 2.24. The van der Waals surface area contributed by atoms with E-state index in [-0.39, 0.29) is 29.4 Å². The van der Waals surface area contributed by atoms with E-state index in [2.05, 4.69) is 0 Å². The van der Waals surface area contributed by atoms with Crippen LogP contribution in [0.2, 0.25) is 5.02 Å². The smallest absolute Gasteiger partial charge is 0.341 e. The zero-order valence-corrected chi connectivity index (χ0v) is 18.8. The second-order valence-electron chi connectivity index (χ2n) is 7.89. The summed E-state index contributed by atoms with van der Waals surface area (Å²) in [5.41, 5.74) is 0.219. The number of ether oxygens (including phenoxy) is 1. The third kappa shape index (κ3) is 4.49. The lowest BCUT2D eigenvalue weighted by Gasteiger charge is -2.26. The van der Waals surface area contributed by atoms with Gasteiger partial charge in [0.15, 0.2) is 0 Å². The van der Waals surface area contributed by atoms with Crippen molar-refractivity contribution in [1.82, 2.24) is 4.57 Å². The number of aromatic nitrogens is 1. The van der Waals surface area contributed by atoms with Crippen molar-refractivity contribution in [3.63, 3.8) is 0 Å². The monoisotopic (exact) mass is 461 g/mol. The molecule has 0 radical (unpaired) electrons. The number of carboxylic acid groups (broad SMARTS) is 1. The van der Waals surface area contributed by atoms with Gasteiger partial charge in [0.25, 0.3) is 0 Å². The average molecular weight is 462 g/mol. The van der Waals surface area contributed by atoms with Crippen LogP contribution in [-0.4, -0.2) is 34.0 Å². The van der Waals surface area contributed by atoms with Gasteiger partial charge in [-0.2, -0.15) is 0 Å². The van der Waals surface area contributed by atoms with E-state index >= 15 is 0 Å². The maximum Gasteiger partial charge on any atom is 0.341 e. The van der Waals surface area contributed by atoms with E-state index in [9.17, 15) is 24.2 Å².